The van der Waals surface area contributed by atoms with Crippen LogP contribution in [0.4, 0.5) is 5.69 Å². The molecule has 2 aromatic rings. The number of aromatic nitrogens is 1. The minimum absolute atomic E-state index is 0. The van der Waals surface area contributed by atoms with Crippen LogP contribution in [0.15, 0.2) is 22.6 Å². The molecule has 18 heavy (non-hydrogen) atoms. The van der Waals surface area contributed by atoms with Crippen molar-refractivity contribution < 1.29 is 9.21 Å². The van der Waals surface area contributed by atoms with Crippen LogP contribution in [0.1, 0.15) is 19.7 Å². The Hall–Kier alpha value is -1.59. The molecular formula is C12H16ClN3O2. The van der Waals surface area contributed by atoms with Gasteiger partial charge >= 0.3 is 0 Å². The molecule has 3 N–H and O–H groups in total. The van der Waals surface area contributed by atoms with Crippen molar-refractivity contribution in [3.8, 4) is 0 Å². The number of amides is 1. The summed E-state index contributed by atoms with van der Waals surface area (Å²) in [6.07, 6.45) is 0.746. The van der Waals surface area contributed by atoms with Crippen molar-refractivity contribution in [2.45, 2.75) is 26.3 Å². The first-order valence-electron chi connectivity index (χ1n) is 5.56. The first kappa shape index (κ1) is 14.5. The van der Waals surface area contributed by atoms with E-state index < -0.39 is 6.04 Å². The molecule has 0 aliphatic rings. The standard InChI is InChI=1S/C12H15N3O2.ClH/c1-3-11-15-9-6-8(4-5-10(9)17-11)14-12(16)7(2)13;/h4-7H,3,13H2,1-2H3,(H,14,16);1H/t7-;/m0./s1. The normalized spacial score (nSPS) is 11.9. The Kier molecular flexibility index (Phi) is 4.69. The molecular weight excluding hydrogens is 254 g/mol. The van der Waals surface area contributed by atoms with Gasteiger partial charge in [0, 0.05) is 12.1 Å². The number of anilines is 1. The lowest BCUT2D eigenvalue weighted by Crippen LogP contribution is -2.32. The highest BCUT2D eigenvalue weighted by Crippen LogP contribution is 2.20. The zero-order valence-electron chi connectivity index (χ0n) is 10.3. The van der Waals surface area contributed by atoms with Gasteiger partial charge in [0.15, 0.2) is 11.5 Å². The molecule has 1 amide bonds. The molecule has 1 aromatic carbocycles. The molecule has 6 heteroatoms. The van der Waals surface area contributed by atoms with E-state index in [1.54, 1.807) is 25.1 Å². The van der Waals surface area contributed by atoms with Crippen LogP contribution < -0.4 is 11.1 Å². The fraction of sp³-hybridized carbons (Fsp3) is 0.333. The number of rotatable bonds is 3. The zero-order valence-corrected chi connectivity index (χ0v) is 11.1. The third-order valence-electron chi connectivity index (χ3n) is 2.42. The van der Waals surface area contributed by atoms with Gasteiger partial charge in [-0.2, -0.15) is 0 Å². The average Bonchev–Trinajstić information content (AvgIpc) is 2.70. The first-order chi connectivity index (χ1) is 8.10. The van der Waals surface area contributed by atoms with Crippen LogP contribution in [0, 0.1) is 0 Å². The van der Waals surface area contributed by atoms with Crippen LogP contribution in [-0.4, -0.2) is 16.9 Å². The second-order valence-corrected chi connectivity index (χ2v) is 3.92. The number of aryl methyl sites for hydroxylation is 1. The summed E-state index contributed by atoms with van der Waals surface area (Å²) in [7, 11) is 0. The van der Waals surface area contributed by atoms with E-state index in [-0.39, 0.29) is 18.3 Å². The number of carbonyl (C=O) groups is 1. The molecule has 0 saturated carbocycles. The van der Waals surface area contributed by atoms with Crippen molar-refractivity contribution in [2.75, 3.05) is 5.32 Å². The van der Waals surface area contributed by atoms with Gasteiger partial charge in [0.25, 0.3) is 0 Å². The number of hydrogen-bond donors (Lipinski definition) is 2. The summed E-state index contributed by atoms with van der Waals surface area (Å²) >= 11 is 0. The van der Waals surface area contributed by atoms with Gasteiger partial charge in [-0.15, -0.1) is 12.4 Å². The van der Waals surface area contributed by atoms with Gasteiger partial charge in [0.1, 0.15) is 5.52 Å². The van der Waals surface area contributed by atoms with Gasteiger partial charge < -0.3 is 15.5 Å². The molecule has 1 atom stereocenters. The highest BCUT2D eigenvalue weighted by Gasteiger charge is 2.09. The Morgan fingerprint density at radius 3 is 2.89 bits per heavy atom. The molecule has 0 unspecified atom stereocenters. The summed E-state index contributed by atoms with van der Waals surface area (Å²) in [4.78, 5) is 15.7. The number of hydrogen-bond acceptors (Lipinski definition) is 4. The van der Waals surface area contributed by atoms with Crippen molar-refractivity contribution in [2.24, 2.45) is 5.73 Å². The number of nitrogens with two attached hydrogens (primary N) is 1. The Labute approximate surface area is 111 Å². The van der Waals surface area contributed by atoms with E-state index in [0.29, 0.717) is 11.6 Å². The molecule has 98 valence electrons. The summed E-state index contributed by atoms with van der Waals surface area (Å²) < 4.78 is 5.48. The molecule has 1 aromatic heterocycles. The number of carbonyl (C=O) groups excluding carboxylic acids is 1. The molecule has 0 spiro atoms. The second kappa shape index (κ2) is 5.84. The van der Waals surface area contributed by atoms with Crippen molar-refractivity contribution in [3.05, 3.63) is 24.1 Å². The van der Waals surface area contributed by atoms with Gasteiger partial charge in [0.05, 0.1) is 6.04 Å². The molecule has 2 rings (SSSR count). The van der Waals surface area contributed by atoms with Crippen LogP contribution in [0.2, 0.25) is 0 Å². The van der Waals surface area contributed by atoms with Crippen molar-refractivity contribution in [3.63, 3.8) is 0 Å². The fourth-order valence-corrected chi connectivity index (χ4v) is 1.46. The Balaban J connectivity index is 0.00000162. The Bertz CT molecular complexity index is 551. The molecule has 0 fully saturated rings. The first-order valence-corrected chi connectivity index (χ1v) is 5.56. The third kappa shape index (κ3) is 3.00. The lowest BCUT2D eigenvalue weighted by atomic mass is 10.2. The second-order valence-electron chi connectivity index (χ2n) is 3.92. The maximum atomic E-state index is 11.4. The van der Waals surface area contributed by atoms with Crippen LogP contribution in [-0.2, 0) is 11.2 Å². The minimum atomic E-state index is -0.533. The topological polar surface area (TPSA) is 81.2 Å². The summed E-state index contributed by atoms with van der Waals surface area (Å²) in [5.41, 5.74) is 7.62. The highest BCUT2D eigenvalue weighted by atomic mass is 35.5. The SMILES string of the molecule is CCc1nc2cc(NC(=O)[C@H](C)N)ccc2o1.Cl. The van der Waals surface area contributed by atoms with Crippen LogP contribution in [0.25, 0.3) is 11.1 Å². The summed E-state index contributed by atoms with van der Waals surface area (Å²) in [6, 6.07) is 4.80. The number of nitrogens with zero attached hydrogens (tertiary/aromatic N) is 1. The third-order valence-corrected chi connectivity index (χ3v) is 2.42. The zero-order chi connectivity index (χ0) is 12.4. The van der Waals surface area contributed by atoms with E-state index in [2.05, 4.69) is 10.3 Å². The quantitative estimate of drug-likeness (QED) is 0.894. The monoisotopic (exact) mass is 269 g/mol. The van der Waals surface area contributed by atoms with Crippen LogP contribution in [0.3, 0.4) is 0 Å². The summed E-state index contributed by atoms with van der Waals surface area (Å²) in [5, 5.41) is 2.72. The van der Waals surface area contributed by atoms with E-state index in [1.165, 1.54) is 0 Å². The highest BCUT2D eigenvalue weighted by molar-refractivity contribution is 5.95. The molecule has 0 aliphatic carbocycles. The predicted molar refractivity (Wildman–Crippen MR) is 72.9 cm³/mol. The van der Waals surface area contributed by atoms with Crippen molar-refractivity contribution in [1.29, 1.82) is 0 Å². The van der Waals surface area contributed by atoms with E-state index in [1.807, 2.05) is 6.92 Å². The lowest BCUT2D eigenvalue weighted by Gasteiger charge is -2.06. The number of halogens is 1. The maximum Gasteiger partial charge on any atom is 0.240 e. The van der Waals surface area contributed by atoms with Gasteiger partial charge in [-0.05, 0) is 25.1 Å². The maximum absolute atomic E-state index is 11.4. The van der Waals surface area contributed by atoms with Crippen molar-refractivity contribution in [1.82, 2.24) is 4.98 Å². The molecule has 0 bridgehead atoms. The molecule has 0 aliphatic heterocycles. The number of benzene rings is 1. The molecule has 1 heterocycles. The fourth-order valence-electron chi connectivity index (χ4n) is 1.46. The molecule has 0 saturated heterocycles. The van der Waals surface area contributed by atoms with E-state index in [9.17, 15) is 4.79 Å². The van der Waals surface area contributed by atoms with Crippen LogP contribution in [0.5, 0.6) is 0 Å². The van der Waals surface area contributed by atoms with Gasteiger partial charge in [0.2, 0.25) is 5.91 Å². The van der Waals surface area contributed by atoms with Gasteiger partial charge in [-0.3, -0.25) is 4.79 Å². The predicted octanol–water partition coefficient (Wildman–Crippen LogP) is 2.10. The number of oxazole rings is 1. The van der Waals surface area contributed by atoms with Gasteiger partial charge in [-0.1, -0.05) is 6.92 Å². The van der Waals surface area contributed by atoms with E-state index in [0.717, 1.165) is 17.5 Å². The lowest BCUT2D eigenvalue weighted by molar-refractivity contribution is -0.117. The average molecular weight is 270 g/mol. The largest absolute Gasteiger partial charge is 0.441 e. The summed E-state index contributed by atoms with van der Waals surface area (Å²) in [6.45, 7) is 3.61. The minimum Gasteiger partial charge on any atom is -0.441 e. The van der Waals surface area contributed by atoms with Crippen molar-refractivity contribution >= 4 is 35.1 Å². The van der Waals surface area contributed by atoms with E-state index in [4.69, 9.17) is 10.2 Å². The molecule has 5 nitrogen and oxygen atoms in total. The number of nitrogens with one attached hydrogen (secondary N) is 1. The molecule has 0 radical (unpaired) electrons. The number of fused-ring (bicyclic) bond motifs is 1. The smallest absolute Gasteiger partial charge is 0.240 e. The van der Waals surface area contributed by atoms with Crippen LogP contribution >= 0.6 is 12.4 Å². The van der Waals surface area contributed by atoms with Gasteiger partial charge in [-0.25, -0.2) is 4.98 Å². The Morgan fingerprint density at radius 1 is 1.56 bits per heavy atom. The summed E-state index contributed by atoms with van der Waals surface area (Å²) in [5.74, 6) is 0.472. The Morgan fingerprint density at radius 2 is 2.28 bits per heavy atom. The van der Waals surface area contributed by atoms with E-state index >= 15 is 0 Å².